The molecule has 1 saturated heterocycles. The smallest absolute Gasteiger partial charge is 0.253 e. The number of hydrogen-bond acceptors (Lipinski definition) is 4. The Morgan fingerprint density at radius 3 is 2.46 bits per heavy atom. The van der Waals surface area contributed by atoms with E-state index in [2.05, 4.69) is 34.1 Å². The average molecular weight is 375 g/mol. The predicted octanol–water partition coefficient (Wildman–Crippen LogP) is 3.77. The van der Waals surface area contributed by atoms with Crippen LogP contribution in [0.3, 0.4) is 0 Å². The molecular formula is C22H25N5O. The molecule has 0 spiro atoms. The van der Waals surface area contributed by atoms with Gasteiger partial charge in [-0.05, 0) is 55.0 Å². The Morgan fingerprint density at radius 1 is 1.07 bits per heavy atom. The first-order chi connectivity index (χ1) is 13.8. The molecule has 1 aromatic carbocycles. The molecular weight excluding hydrogens is 350 g/mol. The van der Waals surface area contributed by atoms with Crippen molar-refractivity contribution in [2.24, 2.45) is 0 Å². The summed E-state index contributed by atoms with van der Waals surface area (Å²) in [5.41, 5.74) is 3.04. The largest absolute Gasteiger partial charge is 0.339 e. The number of nitrogens with zero attached hydrogens (tertiary/aromatic N) is 5. The Labute approximate surface area is 165 Å². The van der Waals surface area contributed by atoms with Crippen molar-refractivity contribution in [3.63, 3.8) is 0 Å². The summed E-state index contributed by atoms with van der Waals surface area (Å²) in [6, 6.07) is 11.9. The summed E-state index contributed by atoms with van der Waals surface area (Å²) >= 11 is 0. The van der Waals surface area contributed by atoms with Crippen LogP contribution in [0.1, 0.15) is 48.0 Å². The molecule has 4 rings (SSSR count). The van der Waals surface area contributed by atoms with Crippen molar-refractivity contribution in [3.8, 4) is 11.4 Å². The van der Waals surface area contributed by atoms with Crippen LogP contribution in [0, 0.1) is 0 Å². The second-order valence-corrected chi connectivity index (χ2v) is 7.23. The van der Waals surface area contributed by atoms with Gasteiger partial charge in [0.15, 0.2) is 5.82 Å². The summed E-state index contributed by atoms with van der Waals surface area (Å²) < 4.78 is 1.90. The van der Waals surface area contributed by atoms with Crippen LogP contribution in [0.2, 0.25) is 0 Å². The first kappa shape index (κ1) is 18.3. The van der Waals surface area contributed by atoms with E-state index in [4.69, 9.17) is 0 Å². The fourth-order valence-electron chi connectivity index (χ4n) is 3.86. The third-order valence-electron chi connectivity index (χ3n) is 5.40. The van der Waals surface area contributed by atoms with Crippen LogP contribution in [0.25, 0.3) is 11.4 Å². The van der Waals surface area contributed by atoms with Gasteiger partial charge >= 0.3 is 0 Å². The van der Waals surface area contributed by atoms with E-state index in [1.54, 1.807) is 6.33 Å². The first-order valence-corrected chi connectivity index (χ1v) is 9.93. The van der Waals surface area contributed by atoms with Crippen molar-refractivity contribution >= 4 is 5.91 Å². The highest BCUT2D eigenvalue weighted by Crippen LogP contribution is 2.28. The number of aryl methyl sites for hydroxylation is 1. The maximum absolute atomic E-state index is 12.9. The Morgan fingerprint density at radius 2 is 1.79 bits per heavy atom. The highest BCUT2D eigenvalue weighted by molar-refractivity contribution is 5.94. The number of likely N-dealkylation sites (tertiary alicyclic amines) is 1. The van der Waals surface area contributed by atoms with Crippen molar-refractivity contribution in [2.75, 3.05) is 13.1 Å². The highest BCUT2D eigenvalue weighted by atomic mass is 16.2. The van der Waals surface area contributed by atoms with Crippen LogP contribution < -0.4 is 0 Å². The maximum Gasteiger partial charge on any atom is 0.253 e. The topological polar surface area (TPSA) is 63.9 Å². The van der Waals surface area contributed by atoms with Gasteiger partial charge in [-0.15, -0.1) is 0 Å². The first-order valence-electron chi connectivity index (χ1n) is 9.93. The van der Waals surface area contributed by atoms with Gasteiger partial charge in [0.1, 0.15) is 6.33 Å². The van der Waals surface area contributed by atoms with Gasteiger partial charge in [-0.25, -0.2) is 9.67 Å². The van der Waals surface area contributed by atoms with E-state index in [-0.39, 0.29) is 5.91 Å². The summed E-state index contributed by atoms with van der Waals surface area (Å²) in [7, 11) is 0. The second-order valence-electron chi connectivity index (χ2n) is 7.23. The summed E-state index contributed by atoms with van der Waals surface area (Å²) in [6.07, 6.45) is 8.26. The van der Waals surface area contributed by atoms with Crippen molar-refractivity contribution < 1.29 is 4.79 Å². The predicted molar refractivity (Wildman–Crippen MR) is 108 cm³/mol. The zero-order valence-electron chi connectivity index (χ0n) is 16.2. The van der Waals surface area contributed by atoms with Crippen LogP contribution in [-0.4, -0.2) is 43.6 Å². The molecule has 1 aliphatic heterocycles. The molecule has 6 nitrogen and oxygen atoms in total. The fraction of sp³-hybridized carbons (Fsp3) is 0.364. The van der Waals surface area contributed by atoms with Crippen molar-refractivity contribution in [3.05, 3.63) is 66.2 Å². The molecule has 0 saturated carbocycles. The third-order valence-corrected chi connectivity index (χ3v) is 5.40. The minimum absolute atomic E-state index is 0.106. The molecule has 3 heterocycles. The van der Waals surface area contributed by atoms with Gasteiger partial charge in [-0.2, -0.15) is 5.10 Å². The minimum Gasteiger partial charge on any atom is -0.339 e. The molecule has 0 N–H and O–H groups in total. The van der Waals surface area contributed by atoms with Crippen LogP contribution in [-0.2, 0) is 6.54 Å². The zero-order chi connectivity index (χ0) is 19.3. The monoisotopic (exact) mass is 375 g/mol. The Kier molecular flexibility index (Phi) is 5.46. The van der Waals surface area contributed by atoms with E-state index in [1.807, 2.05) is 46.2 Å². The molecule has 0 unspecified atom stereocenters. The van der Waals surface area contributed by atoms with E-state index in [1.165, 1.54) is 5.56 Å². The number of rotatable bonds is 5. The quantitative estimate of drug-likeness (QED) is 0.681. The molecule has 0 bridgehead atoms. The van der Waals surface area contributed by atoms with Crippen molar-refractivity contribution in [2.45, 2.75) is 38.6 Å². The molecule has 6 heteroatoms. The highest BCUT2D eigenvalue weighted by Gasteiger charge is 2.24. The van der Waals surface area contributed by atoms with E-state index >= 15 is 0 Å². The van der Waals surface area contributed by atoms with Crippen LogP contribution >= 0.6 is 0 Å². The average Bonchev–Trinajstić information content (AvgIpc) is 3.23. The Bertz CT molecular complexity index is 912. The van der Waals surface area contributed by atoms with E-state index < -0.39 is 0 Å². The number of carbonyl (C=O) groups excluding carboxylic acids is 1. The summed E-state index contributed by atoms with van der Waals surface area (Å²) in [6.45, 7) is 4.53. The third kappa shape index (κ3) is 3.81. The maximum atomic E-state index is 12.9. The van der Waals surface area contributed by atoms with Gasteiger partial charge in [0.05, 0.1) is 0 Å². The number of piperidine rings is 1. The Hall–Kier alpha value is -3.02. The van der Waals surface area contributed by atoms with Gasteiger partial charge in [-0.1, -0.05) is 19.1 Å². The molecule has 0 aliphatic carbocycles. The minimum atomic E-state index is 0.106. The lowest BCUT2D eigenvalue weighted by molar-refractivity contribution is 0.0713. The lowest BCUT2D eigenvalue weighted by atomic mass is 9.90. The van der Waals surface area contributed by atoms with Gasteiger partial charge < -0.3 is 4.90 Å². The molecule has 1 fully saturated rings. The van der Waals surface area contributed by atoms with Crippen LogP contribution in [0.15, 0.2) is 55.1 Å². The lowest BCUT2D eigenvalue weighted by Gasteiger charge is -2.32. The van der Waals surface area contributed by atoms with Crippen molar-refractivity contribution in [1.29, 1.82) is 0 Å². The molecule has 2 aromatic heterocycles. The molecule has 28 heavy (non-hydrogen) atoms. The van der Waals surface area contributed by atoms with Gasteiger partial charge in [0.2, 0.25) is 0 Å². The number of amides is 1. The Balaban J connectivity index is 1.41. The van der Waals surface area contributed by atoms with Crippen LogP contribution in [0.4, 0.5) is 0 Å². The van der Waals surface area contributed by atoms with E-state index in [0.29, 0.717) is 5.92 Å². The standard InChI is InChI=1S/C22H25N5O/c1-2-13-27-21(24-16-25-27)19-3-5-20(6-4-19)22(28)26-14-9-18(10-15-26)17-7-11-23-12-8-17/h3-8,11-12,16,18H,2,9-10,13-15H2,1H3. The molecule has 144 valence electrons. The molecule has 3 aromatic rings. The van der Waals surface area contributed by atoms with Gasteiger partial charge in [0, 0.05) is 43.2 Å². The molecule has 0 atom stereocenters. The zero-order valence-corrected chi connectivity index (χ0v) is 16.2. The number of carbonyl (C=O) groups is 1. The lowest BCUT2D eigenvalue weighted by Crippen LogP contribution is -2.37. The summed E-state index contributed by atoms with van der Waals surface area (Å²) in [5.74, 6) is 1.47. The summed E-state index contributed by atoms with van der Waals surface area (Å²) in [4.78, 5) is 23.3. The number of benzene rings is 1. The SMILES string of the molecule is CCCn1ncnc1-c1ccc(C(=O)N2CCC(c3ccncc3)CC2)cc1. The van der Waals surface area contributed by atoms with Gasteiger partial charge in [0.25, 0.3) is 5.91 Å². The van der Waals surface area contributed by atoms with Crippen molar-refractivity contribution in [1.82, 2.24) is 24.6 Å². The molecule has 1 amide bonds. The second kappa shape index (κ2) is 8.33. The molecule has 1 aliphatic rings. The molecule has 0 radical (unpaired) electrons. The number of hydrogen-bond donors (Lipinski definition) is 0. The number of pyridine rings is 1. The van der Waals surface area contributed by atoms with E-state index in [9.17, 15) is 4.79 Å². The van der Waals surface area contributed by atoms with Crippen LogP contribution in [0.5, 0.6) is 0 Å². The van der Waals surface area contributed by atoms with Gasteiger partial charge in [-0.3, -0.25) is 9.78 Å². The fourth-order valence-corrected chi connectivity index (χ4v) is 3.86. The van der Waals surface area contributed by atoms with E-state index in [0.717, 1.165) is 55.8 Å². The summed E-state index contributed by atoms with van der Waals surface area (Å²) in [5, 5.41) is 4.27. The number of aromatic nitrogens is 4. The normalized spacial score (nSPS) is 15.0.